The van der Waals surface area contributed by atoms with Crippen LogP contribution in [0, 0.1) is 0 Å². The normalized spacial score (nSPS) is 19.9. The molecule has 3 rings (SSSR count). The molecule has 1 aliphatic heterocycles. The van der Waals surface area contributed by atoms with Crippen LogP contribution in [0.5, 0.6) is 0 Å². The van der Waals surface area contributed by atoms with Gasteiger partial charge in [-0.1, -0.05) is 12.8 Å². The lowest BCUT2D eigenvalue weighted by Crippen LogP contribution is -2.41. The standard InChI is InChI=1S/C18H25N3O3/c22-16(17-6-4-12-24-17)13-15-5-2-1-3-9-21(15)18(23)7-10-20-11-8-19-14-20/h4,6,8,11-12,14-16,22H,1-3,5,7,9-10,13H2/t15-,16-/m0/s1. The van der Waals surface area contributed by atoms with Crippen molar-refractivity contribution >= 4 is 5.91 Å². The Balaban J connectivity index is 1.61. The van der Waals surface area contributed by atoms with Gasteiger partial charge in [-0.05, 0) is 25.0 Å². The molecule has 0 radical (unpaired) electrons. The van der Waals surface area contributed by atoms with Crippen molar-refractivity contribution < 1.29 is 14.3 Å². The molecule has 1 saturated heterocycles. The maximum absolute atomic E-state index is 12.7. The molecule has 6 heteroatoms. The summed E-state index contributed by atoms with van der Waals surface area (Å²) in [6.07, 6.45) is 11.4. The Labute approximate surface area is 142 Å². The third kappa shape index (κ3) is 4.26. The fraction of sp³-hybridized carbons (Fsp3) is 0.556. The first-order chi connectivity index (χ1) is 11.7. The topological polar surface area (TPSA) is 71.5 Å². The smallest absolute Gasteiger partial charge is 0.224 e. The number of hydrogen-bond donors (Lipinski definition) is 1. The Morgan fingerprint density at radius 1 is 1.42 bits per heavy atom. The molecule has 2 aromatic rings. The Kier molecular flexibility index (Phi) is 5.69. The third-order valence-corrected chi connectivity index (χ3v) is 4.71. The average Bonchev–Trinajstić information content (AvgIpc) is 3.24. The third-order valence-electron chi connectivity index (χ3n) is 4.71. The van der Waals surface area contributed by atoms with Crippen LogP contribution in [0.4, 0.5) is 0 Å². The largest absolute Gasteiger partial charge is 0.467 e. The lowest BCUT2D eigenvalue weighted by molar-refractivity contribution is -0.134. The zero-order valence-electron chi connectivity index (χ0n) is 13.9. The highest BCUT2D eigenvalue weighted by molar-refractivity contribution is 5.76. The summed E-state index contributed by atoms with van der Waals surface area (Å²) in [6, 6.07) is 3.63. The van der Waals surface area contributed by atoms with E-state index in [4.69, 9.17) is 4.42 Å². The highest BCUT2D eigenvalue weighted by Gasteiger charge is 2.28. The van der Waals surface area contributed by atoms with Gasteiger partial charge < -0.3 is 19.0 Å². The fourth-order valence-electron chi connectivity index (χ4n) is 3.39. The first kappa shape index (κ1) is 16.8. The summed E-state index contributed by atoms with van der Waals surface area (Å²) < 4.78 is 7.22. The fourth-order valence-corrected chi connectivity index (χ4v) is 3.39. The minimum absolute atomic E-state index is 0.0721. The van der Waals surface area contributed by atoms with Gasteiger partial charge in [-0.3, -0.25) is 4.79 Å². The zero-order valence-corrected chi connectivity index (χ0v) is 13.9. The molecular formula is C18H25N3O3. The van der Waals surface area contributed by atoms with Gasteiger partial charge >= 0.3 is 0 Å². The van der Waals surface area contributed by atoms with Crippen molar-refractivity contribution in [3.8, 4) is 0 Å². The number of aliphatic hydroxyl groups excluding tert-OH is 1. The predicted octanol–water partition coefficient (Wildman–Crippen LogP) is 2.76. The second kappa shape index (κ2) is 8.15. The molecule has 0 aromatic carbocycles. The first-order valence-corrected chi connectivity index (χ1v) is 8.70. The Hall–Kier alpha value is -2.08. The number of aliphatic hydroxyl groups is 1. The van der Waals surface area contributed by atoms with E-state index in [1.54, 1.807) is 30.9 Å². The van der Waals surface area contributed by atoms with Crippen molar-refractivity contribution in [3.63, 3.8) is 0 Å². The number of carbonyl (C=O) groups is 1. The minimum atomic E-state index is -0.660. The van der Waals surface area contributed by atoms with Crippen LogP contribution in [-0.4, -0.2) is 38.1 Å². The van der Waals surface area contributed by atoms with E-state index < -0.39 is 6.10 Å². The predicted molar refractivity (Wildman–Crippen MR) is 89.1 cm³/mol. The molecule has 130 valence electrons. The van der Waals surface area contributed by atoms with Crippen LogP contribution in [0.2, 0.25) is 0 Å². The summed E-state index contributed by atoms with van der Waals surface area (Å²) >= 11 is 0. The van der Waals surface area contributed by atoms with Crippen LogP contribution in [-0.2, 0) is 11.3 Å². The Morgan fingerprint density at radius 3 is 3.08 bits per heavy atom. The number of amides is 1. The number of furan rings is 1. The van der Waals surface area contributed by atoms with Gasteiger partial charge in [0.1, 0.15) is 11.9 Å². The number of imidazole rings is 1. The minimum Gasteiger partial charge on any atom is -0.467 e. The number of nitrogens with zero attached hydrogens (tertiary/aromatic N) is 3. The van der Waals surface area contributed by atoms with E-state index in [1.165, 1.54) is 0 Å². The van der Waals surface area contributed by atoms with E-state index in [0.29, 0.717) is 25.1 Å². The molecular weight excluding hydrogens is 306 g/mol. The maximum Gasteiger partial charge on any atom is 0.224 e. The highest BCUT2D eigenvalue weighted by atomic mass is 16.4. The van der Waals surface area contributed by atoms with Crippen molar-refractivity contribution in [1.29, 1.82) is 0 Å². The summed E-state index contributed by atoms with van der Waals surface area (Å²) in [5.74, 6) is 0.729. The summed E-state index contributed by atoms with van der Waals surface area (Å²) in [4.78, 5) is 18.7. The first-order valence-electron chi connectivity index (χ1n) is 8.70. The quantitative estimate of drug-likeness (QED) is 0.883. The molecule has 1 fully saturated rings. The van der Waals surface area contributed by atoms with E-state index in [1.807, 2.05) is 15.7 Å². The van der Waals surface area contributed by atoms with E-state index in [2.05, 4.69) is 4.98 Å². The van der Waals surface area contributed by atoms with E-state index in [-0.39, 0.29) is 11.9 Å². The Bertz CT molecular complexity index is 610. The monoisotopic (exact) mass is 331 g/mol. The number of rotatable bonds is 6. The van der Waals surface area contributed by atoms with Gasteiger partial charge in [-0.25, -0.2) is 4.98 Å². The summed E-state index contributed by atoms with van der Waals surface area (Å²) in [5.41, 5.74) is 0. The van der Waals surface area contributed by atoms with Gasteiger partial charge in [0.2, 0.25) is 5.91 Å². The molecule has 24 heavy (non-hydrogen) atoms. The molecule has 6 nitrogen and oxygen atoms in total. The van der Waals surface area contributed by atoms with E-state index >= 15 is 0 Å². The number of hydrogen-bond acceptors (Lipinski definition) is 4. The summed E-state index contributed by atoms with van der Waals surface area (Å²) in [5, 5.41) is 10.4. The second-order valence-electron chi connectivity index (χ2n) is 6.41. The van der Waals surface area contributed by atoms with Gasteiger partial charge in [0, 0.05) is 44.4 Å². The van der Waals surface area contributed by atoms with Crippen molar-refractivity contribution in [2.75, 3.05) is 6.54 Å². The molecule has 0 aliphatic carbocycles. The van der Waals surface area contributed by atoms with Crippen molar-refractivity contribution in [1.82, 2.24) is 14.5 Å². The van der Waals surface area contributed by atoms with Gasteiger partial charge in [0.05, 0.1) is 12.6 Å². The number of aromatic nitrogens is 2. The molecule has 0 spiro atoms. The van der Waals surface area contributed by atoms with Crippen molar-refractivity contribution in [3.05, 3.63) is 42.9 Å². The molecule has 1 aliphatic rings. The van der Waals surface area contributed by atoms with E-state index in [0.717, 1.165) is 32.2 Å². The molecule has 0 unspecified atom stereocenters. The van der Waals surface area contributed by atoms with Gasteiger partial charge in [0.25, 0.3) is 0 Å². The number of carbonyl (C=O) groups excluding carboxylic acids is 1. The zero-order chi connectivity index (χ0) is 16.8. The molecule has 2 atom stereocenters. The molecule has 1 N–H and O–H groups in total. The SMILES string of the molecule is O=C(CCn1ccnc1)N1CCCCC[C@H]1C[C@H](O)c1ccco1. The van der Waals surface area contributed by atoms with Crippen molar-refractivity contribution in [2.45, 2.75) is 57.2 Å². The molecule has 0 bridgehead atoms. The van der Waals surface area contributed by atoms with Gasteiger partial charge in [-0.2, -0.15) is 0 Å². The lowest BCUT2D eigenvalue weighted by atomic mass is 10.0. The van der Waals surface area contributed by atoms with Crippen molar-refractivity contribution in [2.24, 2.45) is 0 Å². The van der Waals surface area contributed by atoms with Crippen LogP contribution in [0.1, 0.15) is 50.4 Å². The van der Waals surface area contributed by atoms with Crippen LogP contribution in [0.15, 0.2) is 41.5 Å². The van der Waals surface area contributed by atoms with Crippen LogP contribution in [0.3, 0.4) is 0 Å². The van der Waals surface area contributed by atoms with Gasteiger partial charge in [0.15, 0.2) is 0 Å². The van der Waals surface area contributed by atoms with Crippen LogP contribution in [0.25, 0.3) is 0 Å². The van der Waals surface area contributed by atoms with Crippen LogP contribution < -0.4 is 0 Å². The average molecular weight is 331 g/mol. The van der Waals surface area contributed by atoms with E-state index in [9.17, 15) is 9.90 Å². The Morgan fingerprint density at radius 2 is 2.33 bits per heavy atom. The molecule has 3 heterocycles. The molecule has 2 aromatic heterocycles. The highest BCUT2D eigenvalue weighted by Crippen LogP contribution is 2.27. The second-order valence-corrected chi connectivity index (χ2v) is 6.41. The van der Waals surface area contributed by atoms with Gasteiger partial charge in [-0.15, -0.1) is 0 Å². The lowest BCUT2D eigenvalue weighted by Gasteiger charge is -2.31. The summed E-state index contributed by atoms with van der Waals surface area (Å²) in [6.45, 7) is 1.42. The number of aryl methyl sites for hydroxylation is 1. The summed E-state index contributed by atoms with van der Waals surface area (Å²) in [7, 11) is 0. The maximum atomic E-state index is 12.7. The number of likely N-dealkylation sites (tertiary alicyclic amines) is 1. The molecule has 1 amide bonds. The van der Waals surface area contributed by atoms with Crippen LogP contribution >= 0.6 is 0 Å². The molecule has 0 saturated carbocycles.